The Hall–Kier alpha value is -4.45. The number of nitrogens with zero attached hydrogens (tertiary/aromatic N) is 2. The standard InChI is InChI=1S/C25H24FN3O7S/c1-17(30)36-21-10-4-18(5-11-21)15-27-28-25(31)16-29(20-8-6-19(26)7-9-20)37(32,33)22-12-13-23(34-2)24(14-22)35-3/h4-15H,16H2,1-3H3,(H,28,31)/b27-15-. The van der Waals surface area contributed by atoms with Crippen molar-refractivity contribution in [3.8, 4) is 17.2 Å². The van der Waals surface area contributed by atoms with Crippen LogP contribution < -0.4 is 23.9 Å². The molecule has 0 unspecified atom stereocenters. The Morgan fingerprint density at radius 2 is 1.62 bits per heavy atom. The first kappa shape index (κ1) is 27.1. The van der Waals surface area contributed by atoms with Gasteiger partial charge in [-0.2, -0.15) is 5.10 Å². The van der Waals surface area contributed by atoms with Crippen molar-refractivity contribution in [3.63, 3.8) is 0 Å². The molecule has 3 rings (SSSR count). The summed E-state index contributed by atoms with van der Waals surface area (Å²) in [6, 6.07) is 15.0. The number of carbonyl (C=O) groups excluding carboxylic acids is 2. The molecule has 0 fully saturated rings. The molecular formula is C25H24FN3O7S. The van der Waals surface area contributed by atoms with E-state index in [-0.39, 0.29) is 16.3 Å². The van der Waals surface area contributed by atoms with Crippen LogP contribution in [0.15, 0.2) is 76.7 Å². The van der Waals surface area contributed by atoms with Crippen molar-refractivity contribution < 1.29 is 36.6 Å². The van der Waals surface area contributed by atoms with Crippen LogP contribution in [0.2, 0.25) is 0 Å². The Bertz CT molecular complexity index is 1390. The molecular weight excluding hydrogens is 505 g/mol. The highest BCUT2D eigenvalue weighted by Crippen LogP contribution is 2.32. The van der Waals surface area contributed by atoms with Gasteiger partial charge in [-0.3, -0.25) is 13.9 Å². The number of rotatable bonds is 10. The van der Waals surface area contributed by atoms with Gasteiger partial charge in [0.15, 0.2) is 11.5 Å². The smallest absolute Gasteiger partial charge is 0.308 e. The van der Waals surface area contributed by atoms with Gasteiger partial charge >= 0.3 is 5.97 Å². The lowest BCUT2D eigenvalue weighted by Gasteiger charge is -2.24. The molecule has 194 valence electrons. The van der Waals surface area contributed by atoms with Crippen molar-refractivity contribution in [1.82, 2.24) is 5.43 Å². The maximum absolute atomic E-state index is 13.5. The topological polar surface area (TPSA) is 124 Å². The minimum absolute atomic E-state index is 0.0661. The van der Waals surface area contributed by atoms with E-state index in [2.05, 4.69) is 10.5 Å². The van der Waals surface area contributed by atoms with Gasteiger partial charge < -0.3 is 14.2 Å². The third-order valence-electron chi connectivity index (χ3n) is 4.89. The first-order valence-electron chi connectivity index (χ1n) is 10.7. The molecule has 37 heavy (non-hydrogen) atoms. The summed E-state index contributed by atoms with van der Waals surface area (Å²) in [7, 11) is -1.52. The van der Waals surface area contributed by atoms with Gasteiger partial charge in [-0.1, -0.05) is 0 Å². The van der Waals surface area contributed by atoms with Crippen molar-refractivity contribution in [2.45, 2.75) is 11.8 Å². The lowest BCUT2D eigenvalue weighted by molar-refractivity contribution is -0.131. The Morgan fingerprint density at radius 3 is 2.22 bits per heavy atom. The number of halogens is 1. The molecule has 0 aliphatic carbocycles. The summed E-state index contributed by atoms with van der Waals surface area (Å²) in [5, 5.41) is 3.85. The number of sulfonamides is 1. The number of anilines is 1. The normalized spacial score (nSPS) is 11.1. The van der Waals surface area contributed by atoms with Crippen LogP contribution in [-0.2, 0) is 19.6 Å². The van der Waals surface area contributed by atoms with E-state index in [0.29, 0.717) is 17.1 Å². The summed E-state index contributed by atoms with van der Waals surface area (Å²) < 4.78 is 56.6. The van der Waals surface area contributed by atoms with Crippen molar-refractivity contribution in [3.05, 3.63) is 78.1 Å². The summed E-state index contributed by atoms with van der Waals surface area (Å²) in [6.45, 7) is 0.635. The molecule has 0 aromatic heterocycles. The second-order valence-electron chi connectivity index (χ2n) is 7.46. The average Bonchev–Trinajstić information content (AvgIpc) is 2.88. The van der Waals surface area contributed by atoms with Gasteiger partial charge in [0.25, 0.3) is 15.9 Å². The highest BCUT2D eigenvalue weighted by molar-refractivity contribution is 7.92. The molecule has 0 aliphatic heterocycles. The van der Waals surface area contributed by atoms with Gasteiger partial charge in [-0.15, -0.1) is 0 Å². The van der Waals surface area contributed by atoms with Gasteiger partial charge in [0, 0.05) is 13.0 Å². The molecule has 0 heterocycles. The molecule has 12 heteroatoms. The molecule has 0 bridgehead atoms. The number of benzene rings is 3. The fourth-order valence-corrected chi connectivity index (χ4v) is 4.60. The Labute approximate surface area is 213 Å². The molecule has 3 aromatic rings. The van der Waals surface area contributed by atoms with Crippen LogP contribution >= 0.6 is 0 Å². The van der Waals surface area contributed by atoms with E-state index in [9.17, 15) is 22.4 Å². The van der Waals surface area contributed by atoms with E-state index in [1.807, 2.05) is 0 Å². The van der Waals surface area contributed by atoms with Crippen molar-refractivity contribution >= 4 is 33.8 Å². The van der Waals surface area contributed by atoms with Crippen LogP contribution in [-0.4, -0.2) is 47.3 Å². The summed E-state index contributed by atoms with van der Waals surface area (Å²) in [5.74, 6) is -0.923. The number of hydrogen-bond donors (Lipinski definition) is 1. The third-order valence-corrected chi connectivity index (χ3v) is 6.66. The zero-order chi connectivity index (χ0) is 27.0. The number of amides is 1. The first-order chi connectivity index (χ1) is 17.6. The second-order valence-corrected chi connectivity index (χ2v) is 9.32. The summed E-state index contributed by atoms with van der Waals surface area (Å²) >= 11 is 0. The van der Waals surface area contributed by atoms with Crippen LogP contribution in [0.4, 0.5) is 10.1 Å². The molecule has 0 saturated heterocycles. The number of esters is 1. The Kier molecular flexibility index (Phi) is 8.80. The fraction of sp³-hybridized carbons (Fsp3) is 0.160. The average molecular weight is 530 g/mol. The zero-order valence-corrected chi connectivity index (χ0v) is 21.0. The molecule has 1 N–H and O–H groups in total. The van der Waals surface area contributed by atoms with E-state index in [0.717, 1.165) is 16.4 Å². The SMILES string of the molecule is COc1ccc(S(=O)(=O)N(CC(=O)N/N=C\c2ccc(OC(C)=O)cc2)c2ccc(F)cc2)cc1OC. The van der Waals surface area contributed by atoms with Gasteiger partial charge in [0.1, 0.15) is 18.1 Å². The maximum Gasteiger partial charge on any atom is 0.308 e. The van der Waals surface area contributed by atoms with Crippen molar-refractivity contribution in [2.75, 3.05) is 25.1 Å². The molecule has 0 spiro atoms. The quantitative estimate of drug-likeness (QED) is 0.185. The Morgan fingerprint density at radius 1 is 0.973 bits per heavy atom. The number of carbonyl (C=O) groups is 2. The van der Waals surface area contributed by atoms with E-state index in [1.54, 1.807) is 24.3 Å². The van der Waals surface area contributed by atoms with Crippen LogP contribution in [0.25, 0.3) is 0 Å². The number of hydrogen-bond acceptors (Lipinski definition) is 8. The van der Waals surface area contributed by atoms with E-state index in [4.69, 9.17) is 14.2 Å². The highest BCUT2D eigenvalue weighted by Gasteiger charge is 2.28. The molecule has 0 atom stereocenters. The van der Waals surface area contributed by atoms with Crippen molar-refractivity contribution in [1.29, 1.82) is 0 Å². The lowest BCUT2D eigenvalue weighted by atomic mass is 10.2. The molecule has 0 aliphatic rings. The first-order valence-corrected chi connectivity index (χ1v) is 12.2. The maximum atomic E-state index is 13.5. The highest BCUT2D eigenvalue weighted by atomic mass is 32.2. The third kappa shape index (κ3) is 7.04. The van der Waals surface area contributed by atoms with Crippen LogP contribution in [0.3, 0.4) is 0 Å². The number of hydrazone groups is 1. The second kappa shape index (κ2) is 12.0. The predicted molar refractivity (Wildman–Crippen MR) is 134 cm³/mol. The molecule has 1 amide bonds. The van der Waals surface area contributed by atoms with Crippen LogP contribution in [0.1, 0.15) is 12.5 Å². The minimum atomic E-state index is -4.29. The zero-order valence-electron chi connectivity index (χ0n) is 20.2. The fourth-order valence-electron chi connectivity index (χ4n) is 3.16. The van der Waals surface area contributed by atoms with Gasteiger partial charge in [0.05, 0.1) is 31.0 Å². The van der Waals surface area contributed by atoms with E-state index >= 15 is 0 Å². The number of methoxy groups -OCH3 is 2. The minimum Gasteiger partial charge on any atom is -0.493 e. The monoisotopic (exact) mass is 529 g/mol. The summed E-state index contributed by atoms with van der Waals surface area (Å²) in [4.78, 5) is 23.5. The van der Waals surface area contributed by atoms with Gasteiger partial charge in [0.2, 0.25) is 0 Å². The molecule has 0 saturated carbocycles. The van der Waals surface area contributed by atoms with E-state index < -0.39 is 34.3 Å². The number of nitrogens with one attached hydrogen (secondary N) is 1. The summed E-state index contributed by atoms with van der Waals surface area (Å²) in [6.07, 6.45) is 1.33. The largest absolute Gasteiger partial charge is 0.493 e. The van der Waals surface area contributed by atoms with Crippen molar-refractivity contribution in [2.24, 2.45) is 5.10 Å². The number of ether oxygens (including phenoxy) is 3. The Balaban J connectivity index is 1.82. The predicted octanol–water partition coefficient (Wildman–Crippen LogP) is 3.11. The lowest BCUT2D eigenvalue weighted by Crippen LogP contribution is -2.39. The van der Waals surface area contributed by atoms with Gasteiger partial charge in [-0.05, 0) is 66.2 Å². The van der Waals surface area contributed by atoms with Gasteiger partial charge in [-0.25, -0.2) is 18.2 Å². The molecule has 10 nitrogen and oxygen atoms in total. The summed E-state index contributed by atoms with van der Waals surface area (Å²) in [5.41, 5.74) is 2.93. The molecule has 0 radical (unpaired) electrons. The van der Waals surface area contributed by atoms with Crippen LogP contribution in [0, 0.1) is 5.82 Å². The van der Waals surface area contributed by atoms with Crippen LogP contribution in [0.5, 0.6) is 17.2 Å². The molecule has 3 aromatic carbocycles. The van der Waals surface area contributed by atoms with E-state index in [1.165, 1.54) is 57.7 Å².